The number of hydrogen-bond donors (Lipinski definition) is 1. The molecule has 1 N–H and O–H groups in total. The van der Waals surface area contributed by atoms with Crippen molar-refractivity contribution in [2.75, 3.05) is 0 Å². The number of ketones is 1. The lowest BCUT2D eigenvalue weighted by molar-refractivity contribution is -0.148. The van der Waals surface area contributed by atoms with E-state index >= 15 is 0 Å². The van der Waals surface area contributed by atoms with Gasteiger partial charge in [0.1, 0.15) is 11.9 Å². The third-order valence-electron chi connectivity index (χ3n) is 6.47. The maximum atomic E-state index is 13.1. The predicted molar refractivity (Wildman–Crippen MR) is 135 cm³/mol. The van der Waals surface area contributed by atoms with Gasteiger partial charge in [-0.25, -0.2) is 4.98 Å². The van der Waals surface area contributed by atoms with Gasteiger partial charge >= 0.3 is 5.97 Å². The normalized spacial score (nSPS) is 30.9. The zero-order valence-corrected chi connectivity index (χ0v) is 21.9. The van der Waals surface area contributed by atoms with Crippen molar-refractivity contribution in [1.29, 1.82) is 0 Å². The molecule has 1 aromatic heterocycles. The van der Waals surface area contributed by atoms with Crippen LogP contribution in [-0.2, 0) is 14.3 Å². The highest BCUT2D eigenvalue weighted by molar-refractivity contribution is 7.09. The molecule has 0 saturated heterocycles. The summed E-state index contributed by atoms with van der Waals surface area (Å²) in [4.78, 5) is 30.3. The minimum absolute atomic E-state index is 0.0201. The second-order valence-corrected chi connectivity index (χ2v) is 11.0. The number of carbonyl (C=O) groups is 2. The number of allylic oxidation sites excluding steroid dienone is 3. The molecule has 182 valence electrons. The zero-order valence-electron chi connectivity index (χ0n) is 21.1. The minimum atomic E-state index is -0.725. The maximum Gasteiger partial charge on any atom is 0.306 e. The van der Waals surface area contributed by atoms with Crippen LogP contribution in [0.25, 0.3) is 6.08 Å². The van der Waals surface area contributed by atoms with E-state index in [-0.39, 0.29) is 24.1 Å². The van der Waals surface area contributed by atoms with Crippen molar-refractivity contribution in [3.05, 3.63) is 45.5 Å². The number of hydrogen-bond acceptors (Lipinski definition) is 6. The second kappa shape index (κ2) is 11.9. The molecule has 1 aliphatic heterocycles. The molecule has 0 saturated carbocycles. The molecule has 0 aromatic carbocycles. The topological polar surface area (TPSA) is 76.5 Å². The van der Waals surface area contributed by atoms with Gasteiger partial charge in [-0.15, -0.1) is 11.3 Å². The van der Waals surface area contributed by atoms with Crippen LogP contribution < -0.4 is 0 Å². The van der Waals surface area contributed by atoms with Gasteiger partial charge in [-0.2, -0.15) is 0 Å². The Labute approximate surface area is 202 Å². The van der Waals surface area contributed by atoms with E-state index in [2.05, 4.69) is 11.1 Å². The SMILES string of the molecule is CC1=C/CC(/C(C)=C/c2csc(C)n2)OC(=O)CCC(C)(C)C(=O)C(C)C(O)C(C)C\C=C\1. The van der Waals surface area contributed by atoms with Gasteiger partial charge < -0.3 is 9.84 Å². The minimum Gasteiger partial charge on any atom is -0.457 e. The van der Waals surface area contributed by atoms with Crippen molar-refractivity contribution in [1.82, 2.24) is 4.98 Å². The Kier molecular flexibility index (Phi) is 9.80. The number of aromatic nitrogens is 1. The highest BCUT2D eigenvalue weighted by Crippen LogP contribution is 2.31. The first-order chi connectivity index (χ1) is 15.4. The number of carbonyl (C=O) groups excluding carboxylic acids is 2. The average Bonchev–Trinajstić information content (AvgIpc) is 3.17. The van der Waals surface area contributed by atoms with Gasteiger partial charge in [0.15, 0.2) is 0 Å². The predicted octanol–water partition coefficient (Wildman–Crippen LogP) is 6.07. The van der Waals surface area contributed by atoms with Gasteiger partial charge in [-0.1, -0.05) is 51.5 Å². The van der Waals surface area contributed by atoms with E-state index < -0.39 is 23.5 Å². The lowest BCUT2D eigenvalue weighted by Crippen LogP contribution is -2.39. The van der Waals surface area contributed by atoms with E-state index in [4.69, 9.17) is 4.74 Å². The third-order valence-corrected chi connectivity index (χ3v) is 7.26. The first-order valence-electron chi connectivity index (χ1n) is 11.8. The summed E-state index contributed by atoms with van der Waals surface area (Å²) in [5, 5.41) is 13.7. The Hall–Kier alpha value is -2.05. The standard InChI is InChI=1S/C27H39NO4S/c1-17-9-8-10-18(2)25(30)20(4)26(31)27(6,7)14-13-24(29)32-23(12-11-17)19(3)15-22-16-33-21(5)28-22/h8-9,11,15-16,18,20,23,25,30H,10,12-14H2,1-7H3/b9-8+,17-11-,19-15+. The Balaban J connectivity index is 2.32. The van der Waals surface area contributed by atoms with E-state index in [0.29, 0.717) is 19.3 Å². The quantitative estimate of drug-likeness (QED) is 0.528. The first-order valence-corrected chi connectivity index (χ1v) is 12.6. The number of cyclic esters (lactones) is 1. The van der Waals surface area contributed by atoms with Crippen LogP contribution in [0.3, 0.4) is 0 Å². The zero-order chi connectivity index (χ0) is 24.8. The smallest absolute Gasteiger partial charge is 0.306 e. The number of ether oxygens (including phenoxy) is 1. The van der Waals surface area contributed by atoms with Gasteiger partial charge in [-0.05, 0) is 51.2 Å². The van der Waals surface area contributed by atoms with Gasteiger partial charge in [0.05, 0.1) is 16.8 Å². The summed E-state index contributed by atoms with van der Waals surface area (Å²) in [7, 11) is 0. The molecule has 0 radical (unpaired) electrons. The molecule has 0 fully saturated rings. The summed E-state index contributed by atoms with van der Waals surface area (Å²) in [6.45, 7) is 13.4. The summed E-state index contributed by atoms with van der Waals surface area (Å²) in [6.07, 6.45) is 8.76. The molecule has 5 nitrogen and oxygen atoms in total. The molecule has 33 heavy (non-hydrogen) atoms. The first kappa shape index (κ1) is 27.2. The number of nitrogens with zero attached hydrogens (tertiary/aromatic N) is 1. The molecule has 2 heterocycles. The molecule has 4 unspecified atom stereocenters. The molecular formula is C27H39NO4S. The Bertz CT molecular complexity index is 924. The van der Waals surface area contributed by atoms with E-state index in [1.807, 2.05) is 65.2 Å². The van der Waals surface area contributed by atoms with Crippen LogP contribution in [0.2, 0.25) is 0 Å². The van der Waals surface area contributed by atoms with Gasteiger partial charge in [0.25, 0.3) is 0 Å². The van der Waals surface area contributed by atoms with Crippen molar-refractivity contribution in [2.45, 2.75) is 86.4 Å². The van der Waals surface area contributed by atoms with Gasteiger partial charge in [0, 0.05) is 29.6 Å². The number of aliphatic hydroxyl groups excluding tert-OH is 1. The lowest BCUT2D eigenvalue weighted by atomic mass is 9.74. The Morgan fingerprint density at radius 2 is 1.94 bits per heavy atom. The number of aryl methyl sites for hydroxylation is 1. The van der Waals surface area contributed by atoms with Crippen LogP contribution >= 0.6 is 11.3 Å². The van der Waals surface area contributed by atoms with Crippen LogP contribution in [0.4, 0.5) is 0 Å². The van der Waals surface area contributed by atoms with Crippen LogP contribution in [0.5, 0.6) is 0 Å². The molecular weight excluding hydrogens is 434 g/mol. The molecule has 0 aliphatic carbocycles. The van der Waals surface area contributed by atoms with E-state index in [1.54, 1.807) is 18.3 Å². The summed E-state index contributed by atoms with van der Waals surface area (Å²) in [6, 6.07) is 0. The number of aliphatic hydroxyl groups is 1. The molecule has 1 aliphatic rings. The van der Waals surface area contributed by atoms with Crippen LogP contribution in [0.1, 0.15) is 77.9 Å². The molecule has 2 rings (SSSR count). The van der Waals surface area contributed by atoms with E-state index in [0.717, 1.165) is 21.8 Å². The van der Waals surface area contributed by atoms with Crippen molar-refractivity contribution in [3.8, 4) is 0 Å². The molecule has 0 amide bonds. The molecule has 4 atom stereocenters. The summed E-state index contributed by atoms with van der Waals surface area (Å²) in [5.41, 5.74) is 2.14. The maximum absolute atomic E-state index is 13.1. The Morgan fingerprint density at radius 1 is 1.24 bits per heavy atom. The monoisotopic (exact) mass is 473 g/mol. The van der Waals surface area contributed by atoms with E-state index in [1.165, 1.54) is 0 Å². The number of esters is 1. The van der Waals surface area contributed by atoms with Gasteiger partial charge in [-0.3, -0.25) is 9.59 Å². The number of Topliss-reactive ketones (excluding diaryl/α,β-unsaturated/α-hetero) is 1. The molecule has 0 spiro atoms. The molecule has 1 aromatic rings. The van der Waals surface area contributed by atoms with Crippen molar-refractivity contribution >= 4 is 29.2 Å². The summed E-state index contributed by atoms with van der Waals surface area (Å²) in [5.74, 6) is -0.878. The van der Waals surface area contributed by atoms with Crippen LogP contribution in [-0.4, -0.2) is 34.1 Å². The van der Waals surface area contributed by atoms with E-state index in [9.17, 15) is 14.7 Å². The fraction of sp³-hybridized carbons (Fsp3) is 0.593. The fourth-order valence-electron chi connectivity index (χ4n) is 4.09. The van der Waals surface area contributed by atoms with Crippen LogP contribution in [0.15, 0.2) is 34.8 Å². The second-order valence-electron chi connectivity index (χ2n) is 9.98. The largest absolute Gasteiger partial charge is 0.457 e. The van der Waals surface area contributed by atoms with Crippen molar-refractivity contribution in [2.24, 2.45) is 17.3 Å². The fourth-order valence-corrected chi connectivity index (χ4v) is 4.66. The summed E-state index contributed by atoms with van der Waals surface area (Å²) < 4.78 is 5.87. The van der Waals surface area contributed by atoms with Crippen molar-refractivity contribution in [3.63, 3.8) is 0 Å². The van der Waals surface area contributed by atoms with Crippen LogP contribution in [0, 0.1) is 24.2 Å². The highest BCUT2D eigenvalue weighted by Gasteiger charge is 2.36. The van der Waals surface area contributed by atoms with Crippen molar-refractivity contribution < 1.29 is 19.4 Å². The lowest BCUT2D eigenvalue weighted by Gasteiger charge is -2.31. The number of thiazole rings is 1. The third kappa shape index (κ3) is 8.04. The number of rotatable bonds is 2. The highest BCUT2D eigenvalue weighted by atomic mass is 32.1. The molecule has 6 heteroatoms. The average molecular weight is 474 g/mol. The summed E-state index contributed by atoms with van der Waals surface area (Å²) >= 11 is 1.59. The van der Waals surface area contributed by atoms with Gasteiger partial charge in [0.2, 0.25) is 0 Å². The Morgan fingerprint density at radius 3 is 2.58 bits per heavy atom. The molecule has 0 bridgehead atoms.